The molecule has 2 fully saturated rings. The van der Waals surface area contributed by atoms with Crippen molar-refractivity contribution in [3.8, 4) is 0 Å². The van der Waals surface area contributed by atoms with Crippen LogP contribution in [0.1, 0.15) is 480 Å². The molecule has 2 aliphatic rings. The number of rotatable bonds is 54. The third-order valence-corrected chi connectivity index (χ3v) is 24.4. The van der Waals surface area contributed by atoms with E-state index < -0.39 is 43.7 Å². The third kappa shape index (κ3) is 101. The Morgan fingerprint density at radius 2 is 0.750 bits per heavy atom. The number of hydrogen-bond donors (Lipinski definition) is 7. The van der Waals surface area contributed by atoms with Gasteiger partial charge in [0.2, 0.25) is 51.4 Å². The van der Waals surface area contributed by atoms with Crippen LogP contribution in [0.2, 0.25) is 0 Å². The molecule has 7 N–H and O–H groups in total. The molecule has 30 heteroatoms. The van der Waals surface area contributed by atoms with Crippen LogP contribution >= 0.6 is 0 Å². The van der Waals surface area contributed by atoms with E-state index in [4.69, 9.17) is 18.8 Å². The fraction of sp³-hybridized carbons (Fsp3) is 0.895. The minimum absolute atomic E-state index is 0.00375. The average Bonchev–Trinajstić information content (AvgIpc) is 1.63. The van der Waals surface area contributed by atoms with Gasteiger partial charge >= 0.3 is 17.9 Å². The smallest absolute Gasteiger partial charge is 0.306 e. The molecule has 0 radical (unpaired) electrons. The Morgan fingerprint density at radius 1 is 0.389 bits per heavy atom. The van der Waals surface area contributed by atoms with Gasteiger partial charge in [-0.3, -0.25) is 71.5 Å². The number of carbonyl (C=O) groups is 12. The fourth-order valence-electron chi connectivity index (χ4n) is 14.4. The summed E-state index contributed by atoms with van der Waals surface area (Å²) in [7, 11) is -6.30. The van der Waals surface area contributed by atoms with Gasteiger partial charge in [-0.05, 0) is 305 Å². The number of sulfonamides is 1. The molecule has 2 heterocycles. The summed E-state index contributed by atoms with van der Waals surface area (Å²) in [5.74, 6) is 5.30. The number of ether oxygens (including phenoxy) is 2. The van der Waals surface area contributed by atoms with Gasteiger partial charge in [0.15, 0.2) is 11.6 Å². The number of Topliss-reactive ketones (excluding diaryl/α,β-unsaturated/α-hetero) is 2. The summed E-state index contributed by atoms with van der Waals surface area (Å²) in [4.78, 5) is 140. The van der Waals surface area contributed by atoms with Crippen LogP contribution in [-0.2, 0) is 91.3 Å². The van der Waals surface area contributed by atoms with E-state index in [2.05, 4.69) is 173 Å². The predicted octanol–water partition coefficient (Wildman–Crippen LogP) is 24.3. The van der Waals surface area contributed by atoms with Crippen LogP contribution in [-0.4, -0.2) is 191 Å². The summed E-state index contributed by atoms with van der Waals surface area (Å²) in [6.07, 6.45) is 17.4. The molecule has 2 aliphatic heterocycles. The van der Waals surface area contributed by atoms with Gasteiger partial charge in [0.05, 0.1) is 48.1 Å². The van der Waals surface area contributed by atoms with E-state index in [0.29, 0.717) is 129 Å². The monoisotopic (exact) mass is 2100 g/mol. The van der Waals surface area contributed by atoms with Crippen LogP contribution in [0, 0.1) is 107 Å². The van der Waals surface area contributed by atoms with Crippen LogP contribution in [0.5, 0.6) is 0 Å². The van der Waals surface area contributed by atoms with Crippen molar-refractivity contribution in [2.24, 2.45) is 107 Å². The lowest BCUT2D eigenvalue weighted by atomic mass is 9.82. The summed E-state index contributed by atoms with van der Waals surface area (Å²) in [5.41, 5.74) is -1.13. The highest BCUT2D eigenvalue weighted by Crippen LogP contribution is 2.37. The SMILES string of the molecule is CC(C)CC(CC(=O)O)C(=O)NC(C)C.CC(C)CC1C(=O)N(C(C)C)C(=O)C1CC(C)C.CC(C)CC1CC(=O)N(C(C)C)C1=O.CC(C)CCC(=O)NC(C)C.CC(C)CCC(=O)OC(C)C.CC(C)CCC(C)(O)C(=O)C(C)C.CC(C)CCC(O)C(=O)C(C)C.CC(C)CCCC(=O)NC(C)C.CC(C)CCCC(=O)OC(C)C.CC(C)CCCS(=O)(=O)NC(C)C.CC(C)CCCS(=O)(=O)OC(C)C. The zero-order chi connectivity index (χ0) is 115. The van der Waals surface area contributed by atoms with Gasteiger partial charge < -0.3 is 40.7 Å². The highest BCUT2D eigenvalue weighted by Gasteiger charge is 2.48. The van der Waals surface area contributed by atoms with Gasteiger partial charge in [-0.25, -0.2) is 13.1 Å². The molecule has 0 aromatic rings. The normalized spacial score (nSPS) is 15.1. The number of aliphatic hydroxyl groups excluding tert-OH is 1. The van der Waals surface area contributed by atoms with Crippen molar-refractivity contribution in [3.05, 3.63) is 0 Å². The van der Waals surface area contributed by atoms with Gasteiger partial charge in [-0.15, -0.1) is 0 Å². The first-order chi connectivity index (χ1) is 65.5. The van der Waals surface area contributed by atoms with Gasteiger partial charge in [-0.1, -0.05) is 207 Å². The number of likely N-dealkylation sites (tertiary alicyclic amines) is 2. The highest BCUT2D eigenvalue weighted by molar-refractivity contribution is 7.89. The van der Waals surface area contributed by atoms with Gasteiger partial charge in [0.1, 0.15) is 11.7 Å². The maximum atomic E-state index is 12.4. The molecule has 0 aromatic heterocycles. The number of aliphatic carboxylic acids is 1. The lowest BCUT2D eigenvalue weighted by Gasteiger charge is -2.24. The largest absolute Gasteiger partial charge is 0.481 e. The Balaban J connectivity index is -0.000000199. The molecule has 7 amide bonds. The summed E-state index contributed by atoms with van der Waals surface area (Å²) >= 11 is 0. The van der Waals surface area contributed by atoms with Crippen LogP contribution in [0.15, 0.2) is 0 Å². The molecule has 2 rings (SSSR count). The van der Waals surface area contributed by atoms with E-state index in [0.717, 1.165) is 89.9 Å². The molecular formula is C114H228N6O22S2. The Kier molecular flexibility index (Phi) is 93.9. The Bertz CT molecular complexity index is 3480. The van der Waals surface area contributed by atoms with E-state index in [1.54, 1.807) is 20.8 Å². The van der Waals surface area contributed by atoms with E-state index in [9.17, 15) is 84.6 Å². The number of esters is 2. The van der Waals surface area contributed by atoms with Crippen molar-refractivity contribution in [1.82, 2.24) is 30.5 Å². The second kappa shape index (κ2) is 86.8. The second-order valence-electron chi connectivity index (χ2n) is 47.7. The number of nitrogens with one attached hydrogen (secondary N) is 4. The molecule has 0 spiro atoms. The second-order valence-corrected chi connectivity index (χ2v) is 51.3. The van der Waals surface area contributed by atoms with E-state index in [1.165, 1.54) is 9.80 Å². The Morgan fingerprint density at radius 3 is 1.07 bits per heavy atom. The summed E-state index contributed by atoms with van der Waals surface area (Å²) in [5, 5.41) is 36.4. The third-order valence-electron chi connectivity index (χ3n) is 21.2. The maximum Gasteiger partial charge on any atom is 0.306 e. The predicted molar refractivity (Wildman–Crippen MR) is 595 cm³/mol. The van der Waals surface area contributed by atoms with Crippen LogP contribution in [0.25, 0.3) is 0 Å². The van der Waals surface area contributed by atoms with Gasteiger partial charge in [-0.2, -0.15) is 8.42 Å². The molecule has 0 saturated carbocycles. The quantitative estimate of drug-likeness (QED) is 0.0169. The van der Waals surface area contributed by atoms with Gasteiger partial charge in [0, 0.05) is 92.0 Å². The fourth-order valence-corrected chi connectivity index (χ4v) is 17.0. The van der Waals surface area contributed by atoms with Crippen molar-refractivity contribution < 1.29 is 103 Å². The molecular weight excluding hydrogens is 1870 g/mol. The van der Waals surface area contributed by atoms with Crippen LogP contribution in [0.3, 0.4) is 0 Å². The zero-order valence-electron chi connectivity index (χ0n) is 101. The molecule has 144 heavy (non-hydrogen) atoms. The standard InChI is InChI=1S/C15H27NO2.C11H21NO3.C11H19NO2.C11H22O2.C10H21NO.2C10H20O2.C9H21NO2S.C9H19NO.C9H20O3S.C9H18O2/c1-9(2)7-12-13(8-10(3)4)15(18)16(11(5)6)14(12)17;1-7(2)5-9(6-10(13)14)11(15)12-8(3)4;1-7(2)5-9-6-10(13)12(8(3)4)11(9)14;1-8(2)6-7-11(5,13)10(12)9(3)4;1-8(2)6-5-7-10(12)11-9(3)4;1-8(2)6-5-7-10(11)12-9(3)4;1-7(2)5-6-9(11)10(12)8(3)4;1-8(2)6-5-7-13(11,12)10-9(3)4;1-7(2)5-6-9(11)10-8(3)4;1-8(2)6-5-7-13(10,11)12-9(3)4;1-7(2)5-6-9(10)11-8(3)4/h9-13H,7-8H2,1-6H3;7-9H,5-6H2,1-4H3,(H,12,15)(H,13,14);7-9H,5-6H2,1-4H3;8-9,13H,6-7H2,1-5H3;8-9H,5-7H2,1-4H3,(H,11,12);8-9H,5-7H2,1-4H3;7-9,11H,5-6H2,1-4H3;8-10H,5-7H2,1-4H3;7-8H,5-6H2,1-4H3,(H,10,11);8-9H,5-7H2,1-4H3;7-8H,5-6H2,1-4H3. The molecule has 6 unspecified atom stereocenters. The Labute approximate surface area is 883 Å². The molecule has 0 bridgehead atoms. The number of nitrogens with zero attached hydrogens (tertiary/aromatic N) is 2. The zero-order valence-corrected chi connectivity index (χ0v) is 102. The Hall–Kier alpha value is -5.82. The maximum absolute atomic E-state index is 12.4. The van der Waals surface area contributed by atoms with Crippen molar-refractivity contribution in [3.63, 3.8) is 0 Å². The van der Waals surface area contributed by atoms with Gasteiger partial charge in [0.25, 0.3) is 10.1 Å². The number of carboxylic acids is 1. The number of hydrogen-bond acceptors (Lipinski definition) is 21. The first kappa shape index (κ1) is 156. The van der Waals surface area contributed by atoms with Crippen molar-refractivity contribution in [1.29, 1.82) is 0 Å². The number of amides is 7. The molecule has 858 valence electrons. The number of imide groups is 2. The molecule has 28 nitrogen and oxygen atoms in total. The molecule has 0 aromatic carbocycles. The number of aliphatic hydroxyl groups is 2. The highest BCUT2D eigenvalue weighted by atomic mass is 32.2. The lowest BCUT2D eigenvalue weighted by molar-refractivity contribution is -0.148. The topological polar surface area (TPSA) is 416 Å². The molecule has 0 aliphatic carbocycles. The number of ketones is 2. The van der Waals surface area contributed by atoms with Crippen molar-refractivity contribution in [2.45, 2.75) is 546 Å². The minimum Gasteiger partial charge on any atom is -0.481 e. The first-order valence-electron chi connectivity index (χ1n) is 55.1. The van der Waals surface area contributed by atoms with E-state index in [1.807, 2.05) is 152 Å². The summed E-state index contributed by atoms with van der Waals surface area (Å²) in [6, 6.07) is 0.597. The average molecular weight is 2100 g/mol. The first-order valence-corrected chi connectivity index (χ1v) is 58.3. The summed E-state index contributed by atoms with van der Waals surface area (Å²) in [6.45, 7) is 93.2. The van der Waals surface area contributed by atoms with E-state index >= 15 is 0 Å². The minimum atomic E-state index is -3.28. The van der Waals surface area contributed by atoms with E-state index in [-0.39, 0.29) is 167 Å². The van der Waals surface area contributed by atoms with Crippen LogP contribution < -0.4 is 20.7 Å². The van der Waals surface area contributed by atoms with Crippen LogP contribution in [0.4, 0.5) is 0 Å². The number of carboxylic acid groups (broad SMARTS) is 1. The number of carbonyl (C=O) groups excluding carboxylic acids is 11. The van der Waals surface area contributed by atoms with Crippen molar-refractivity contribution in [2.75, 3.05) is 11.5 Å². The molecule has 2 saturated heterocycles. The molecule has 6 atom stereocenters. The lowest BCUT2D eigenvalue weighted by Crippen LogP contribution is -2.38. The van der Waals surface area contributed by atoms with Crippen molar-refractivity contribution >= 4 is 91.0 Å². The summed E-state index contributed by atoms with van der Waals surface area (Å²) < 4.78 is 62.3.